The molecule has 1 aliphatic rings. The van der Waals surface area contributed by atoms with Gasteiger partial charge in [0.1, 0.15) is 6.54 Å². The van der Waals surface area contributed by atoms with Crippen molar-refractivity contribution >= 4 is 23.4 Å². The van der Waals surface area contributed by atoms with Crippen molar-refractivity contribution in [2.24, 2.45) is 0 Å². The van der Waals surface area contributed by atoms with Crippen molar-refractivity contribution in [3.05, 3.63) is 94.3 Å². The summed E-state index contributed by atoms with van der Waals surface area (Å²) in [4.78, 5) is 30.5. The van der Waals surface area contributed by atoms with Gasteiger partial charge in [-0.05, 0) is 74.7 Å². The van der Waals surface area contributed by atoms with Crippen LogP contribution < -0.4 is 0 Å². The Kier molecular flexibility index (Phi) is 9.61. The molecule has 40 heavy (non-hydrogen) atoms. The maximum absolute atomic E-state index is 13.9. The van der Waals surface area contributed by atoms with Gasteiger partial charge in [-0.2, -0.15) is 13.2 Å². The highest BCUT2D eigenvalue weighted by Crippen LogP contribution is 2.30. The van der Waals surface area contributed by atoms with Crippen LogP contribution in [-0.4, -0.2) is 44.8 Å². The largest absolute Gasteiger partial charge is 0.416 e. The molecule has 214 valence electrons. The van der Waals surface area contributed by atoms with E-state index in [0.717, 1.165) is 55.5 Å². The van der Waals surface area contributed by atoms with Gasteiger partial charge >= 0.3 is 6.18 Å². The molecular weight excluding hydrogens is 539 g/mol. The first-order valence-corrected chi connectivity index (χ1v) is 14.1. The van der Waals surface area contributed by atoms with Gasteiger partial charge in [0, 0.05) is 41.1 Å². The average Bonchev–Trinajstić information content (AvgIpc) is 3.37. The second-order valence-electron chi connectivity index (χ2n) is 10.6. The average molecular weight is 574 g/mol. The zero-order chi connectivity index (χ0) is 28.9. The molecule has 3 aromatic rings. The third-order valence-electron chi connectivity index (χ3n) is 7.54. The van der Waals surface area contributed by atoms with Gasteiger partial charge in [-0.3, -0.25) is 9.59 Å². The molecule has 4 rings (SSSR count). The van der Waals surface area contributed by atoms with E-state index in [4.69, 9.17) is 11.6 Å². The highest BCUT2D eigenvalue weighted by atomic mass is 35.5. The Bertz CT molecular complexity index is 1300. The summed E-state index contributed by atoms with van der Waals surface area (Å²) < 4.78 is 41.1. The van der Waals surface area contributed by atoms with Gasteiger partial charge in [-0.1, -0.05) is 49.1 Å². The number of aromatic nitrogens is 1. The lowest BCUT2D eigenvalue weighted by molar-refractivity contribution is -0.137. The second-order valence-corrected chi connectivity index (χ2v) is 11.0. The first-order valence-electron chi connectivity index (χ1n) is 13.7. The number of hydrogen-bond donors (Lipinski definition) is 0. The second kappa shape index (κ2) is 12.9. The summed E-state index contributed by atoms with van der Waals surface area (Å²) in [5, 5.41) is 0.678. The third kappa shape index (κ3) is 7.27. The van der Waals surface area contributed by atoms with Crippen LogP contribution in [-0.2, 0) is 24.1 Å². The van der Waals surface area contributed by atoms with E-state index >= 15 is 0 Å². The SMILES string of the molecule is CC(C)N(CC(=O)N(Cc1cccn1Cc1ccccc1Cl)C1CCCCC1)C(=O)c1ccc(C(F)(F)F)cc1. The lowest BCUT2D eigenvalue weighted by atomic mass is 9.94. The summed E-state index contributed by atoms with van der Waals surface area (Å²) in [5.74, 6) is -0.644. The molecular formula is C31H35ClF3N3O2. The highest BCUT2D eigenvalue weighted by Gasteiger charge is 2.32. The molecule has 0 bridgehead atoms. The third-order valence-corrected chi connectivity index (χ3v) is 7.91. The van der Waals surface area contributed by atoms with Crippen LogP contribution in [0.5, 0.6) is 0 Å². The molecule has 0 unspecified atom stereocenters. The van der Waals surface area contributed by atoms with Crippen molar-refractivity contribution in [2.45, 2.75) is 77.3 Å². The lowest BCUT2D eigenvalue weighted by Gasteiger charge is -2.37. The Morgan fingerprint density at radius 2 is 1.65 bits per heavy atom. The maximum Gasteiger partial charge on any atom is 0.416 e. The smallest absolute Gasteiger partial charge is 0.345 e. The summed E-state index contributed by atoms with van der Waals surface area (Å²) in [7, 11) is 0. The molecule has 1 aliphatic carbocycles. The minimum atomic E-state index is -4.49. The maximum atomic E-state index is 13.9. The lowest BCUT2D eigenvalue weighted by Crippen LogP contribution is -2.49. The predicted octanol–water partition coefficient (Wildman–Crippen LogP) is 7.42. The summed E-state index contributed by atoms with van der Waals surface area (Å²) in [6.07, 6.45) is 2.47. The molecule has 2 amide bonds. The molecule has 0 saturated heterocycles. The van der Waals surface area contributed by atoms with Crippen LogP contribution in [0.15, 0.2) is 66.9 Å². The van der Waals surface area contributed by atoms with Gasteiger partial charge < -0.3 is 14.4 Å². The van der Waals surface area contributed by atoms with E-state index < -0.39 is 17.6 Å². The number of carbonyl (C=O) groups is 2. The quantitative estimate of drug-likeness (QED) is 0.267. The molecule has 0 radical (unpaired) electrons. The fourth-order valence-electron chi connectivity index (χ4n) is 5.24. The molecule has 5 nitrogen and oxygen atoms in total. The van der Waals surface area contributed by atoms with Gasteiger partial charge in [0.05, 0.1) is 12.1 Å². The molecule has 1 aromatic heterocycles. The molecule has 1 fully saturated rings. The van der Waals surface area contributed by atoms with Gasteiger partial charge in [0.2, 0.25) is 5.91 Å². The molecule has 1 saturated carbocycles. The van der Waals surface area contributed by atoms with Crippen LogP contribution in [0.3, 0.4) is 0 Å². The van der Waals surface area contributed by atoms with E-state index in [0.29, 0.717) is 18.1 Å². The highest BCUT2D eigenvalue weighted by molar-refractivity contribution is 6.31. The van der Waals surface area contributed by atoms with Crippen LogP contribution in [0.2, 0.25) is 5.02 Å². The Balaban J connectivity index is 1.55. The Morgan fingerprint density at radius 3 is 2.27 bits per heavy atom. The van der Waals surface area contributed by atoms with E-state index in [1.807, 2.05) is 47.5 Å². The predicted molar refractivity (Wildman–Crippen MR) is 150 cm³/mol. The Morgan fingerprint density at radius 1 is 0.975 bits per heavy atom. The minimum Gasteiger partial charge on any atom is -0.345 e. The molecule has 0 aliphatic heterocycles. The van der Waals surface area contributed by atoms with E-state index in [1.54, 1.807) is 13.8 Å². The summed E-state index contributed by atoms with van der Waals surface area (Å²) in [6, 6.07) is 15.5. The van der Waals surface area contributed by atoms with Crippen molar-refractivity contribution in [3.8, 4) is 0 Å². The summed E-state index contributed by atoms with van der Waals surface area (Å²) in [6.45, 7) is 4.41. The van der Waals surface area contributed by atoms with Gasteiger partial charge in [0.25, 0.3) is 5.91 Å². The number of rotatable bonds is 9. The number of hydrogen-bond acceptors (Lipinski definition) is 2. The number of nitrogens with zero attached hydrogens (tertiary/aromatic N) is 3. The van der Waals surface area contributed by atoms with Crippen molar-refractivity contribution < 1.29 is 22.8 Å². The first kappa shape index (κ1) is 29.7. The van der Waals surface area contributed by atoms with Gasteiger partial charge in [-0.15, -0.1) is 0 Å². The fourth-order valence-corrected chi connectivity index (χ4v) is 5.43. The standard InChI is InChI=1S/C31H35ClF3N3O2/c1-22(2)37(30(40)23-14-16-25(17-15-23)31(33,34)35)21-29(39)38(26-10-4-3-5-11-26)20-27-12-8-18-36(27)19-24-9-6-7-13-28(24)32/h6-9,12-18,22,26H,3-5,10-11,19-21H2,1-2H3. The zero-order valence-electron chi connectivity index (χ0n) is 22.8. The van der Waals surface area contributed by atoms with Crippen LogP contribution in [0.25, 0.3) is 0 Å². The van der Waals surface area contributed by atoms with Crippen molar-refractivity contribution in [2.75, 3.05) is 6.54 Å². The number of carbonyl (C=O) groups excluding carboxylic acids is 2. The number of benzene rings is 2. The van der Waals surface area contributed by atoms with Crippen LogP contribution in [0.1, 0.15) is 73.1 Å². The zero-order valence-corrected chi connectivity index (χ0v) is 23.6. The van der Waals surface area contributed by atoms with Gasteiger partial charge in [0.15, 0.2) is 0 Å². The molecule has 1 heterocycles. The summed E-state index contributed by atoms with van der Waals surface area (Å²) in [5.41, 5.74) is 1.24. The van der Waals surface area contributed by atoms with Crippen LogP contribution >= 0.6 is 11.6 Å². The van der Waals surface area contributed by atoms with Crippen LogP contribution in [0.4, 0.5) is 13.2 Å². The molecule has 0 N–H and O–H groups in total. The monoisotopic (exact) mass is 573 g/mol. The Labute approximate surface area is 238 Å². The Hall–Kier alpha value is -3.26. The minimum absolute atomic E-state index is 0.0556. The van der Waals surface area contributed by atoms with Gasteiger partial charge in [-0.25, -0.2) is 0 Å². The van der Waals surface area contributed by atoms with Crippen molar-refractivity contribution in [1.82, 2.24) is 14.4 Å². The number of alkyl halides is 3. The topological polar surface area (TPSA) is 45.6 Å². The molecule has 2 aromatic carbocycles. The first-order chi connectivity index (χ1) is 19.0. The van der Waals surface area contributed by atoms with Crippen molar-refractivity contribution in [3.63, 3.8) is 0 Å². The van der Waals surface area contributed by atoms with Crippen molar-refractivity contribution in [1.29, 1.82) is 0 Å². The normalized spacial score (nSPS) is 14.4. The molecule has 0 spiro atoms. The van der Waals surface area contributed by atoms with E-state index in [2.05, 4.69) is 4.57 Å². The van der Waals surface area contributed by atoms with E-state index in [9.17, 15) is 22.8 Å². The fraction of sp³-hybridized carbons (Fsp3) is 0.419. The molecule has 9 heteroatoms. The van der Waals surface area contributed by atoms with E-state index in [1.165, 1.54) is 17.0 Å². The molecule has 0 atom stereocenters. The number of halogens is 4. The summed E-state index contributed by atoms with van der Waals surface area (Å²) >= 11 is 6.40. The van der Waals surface area contributed by atoms with Crippen LogP contribution in [0, 0.1) is 0 Å². The van der Waals surface area contributed by atoms with E-state index in [-0.39, 0.29) is 30.1 Å². The number of amides is 2.